The third kappa shape index (κ3) is 3.77. The van der Waals surface area contributed by atoms with Crippen molar-refractivity contribution in [1.82, 2.24) is 9.80 Å². The van der Waals surface area contributed by atoms with Crippen LogP contribution in [0.15, 0.2) is 16.8 Å². The number of morpholine rings is 1. The Hall–Kier alpha value is -1.48. The van der Waals surface area contributed by atoms with E-state index >= 15 is 0 Å². The highest BCUT2D eigenvalue weighted by atomic mass is 32.1. The third-order valence-corrected chi connectivity index (χ3v) is 4.89. The summed E-state index contributed by atoms with van der Waals surface area (Å²) in [5, 5.41) is 3.89. The number of ether oxygens (including phenoxy) is 2. The van der Waals surface area contributed by atoms with E-state index in [-0.39, 0.29) is 18.4 Å². The van der Waals surface area contributed by atoms with Gasteiger partial charge in [-0.1, -0.05) is 0 Å². The normalized spacial score (nSPS) is 25.4. The first-order valence-corrected chi connectivity index (χ1v) is 8.90. The molecule has 2 aliphatic heterocycles. The Labute approximate surface area is 145 Å². The summed E-state index contributed by atoms with van der Waals surface area (Å²) >= 11 is 1.55. The molecule has 2 saturated heterocycles. The predicted octanol–water partition coefficient (Wildman–Crippen LogP) is 0.271. The molecule has 0 N–H and O–H groups in total. The lowest BCUT2D eigenvalue weighted by Gasteiger charge is -2.42. The van der Waals surface area contributed by atoms with Crippen molar-refractivity contribution in [2.45, 2.75) is 5.60 Å². The molecule has 0 aliphatic carbocycles. The van der Waals surface area contributed by atoms with Gasteiger partial charge in [-0.2, -0.15) is 11.3 Å². The predicted molar refractivity (Wildman–Crippen MR) is 91.3 cm³/mol. The lowest BCUT2D eigenvalue weighted by atomic mass is 10.0. The van der Waals surface area contributed by atoms with E-state index in [0.29, 0.717) is 39.4 Å². The Morgan fingerprint density at radius 3 is 2.96 bits per heavy atom. The zero-order valence-electron chi connectivity index (χ0n) is 14.1. The summed E-state index contributed by atoms with van der Waals surface area (Å²) in [5.41, 5.74) is 0.206. The topological polar surface area (TPSA) is 62.3 Å². The lowest BCUT2D eigenvalue weighted by Crippen LogP contribution is -2.61. The van der Waals surface area contributed by atoms with Gasteiger partial charge in [0, 0.05) is 11.9 Å². The van der Waals surface area contributed by atoms with E-state index in [1.165, 1.54) is 0 Å². The standard InChI is InChI=1S/C16H23N3O4S/c1-17(2)7-14(20)18-4-5-22-12-16(10-18)11-19(15(21)8-23-16)13-3-6-24-9-13/h3,6,9H,4-5,7-8,10-12H2,1-2H3/t16-/m1/s1. The number of anilines is 1. The summed E-state index contributed by atoms with van der Waals surface area (Å²) < 4.78 is 11.6. The minimum Gasteiger partial charge on any atom is -0.376 e. The molecule has 0 bridgehead atoms. The number of hydrogen-bond donors (Lipinski definition) is 0. The van der Waals surface area contributed by atoms with Crippen LogP contribution in [-0.2, 0) is 19.1 Å². The van der Waals surface area contributed by atoms with Gasteiger partial charge in [-0.25, -0.2) is 0 Å². The zero-order chi connectivity index (χ0) is 17.2. The molecule has 8 heteroatoms. The molecule has 1 spiro atoms. The molecule has 2 aliphatic rings. The Morgan fingerprint density at radius 1 is 1.42 bits per heavy atom. The smallest absolute Gasteiger partial charge is 0.253 e. The summed E-state index contributed by atoms with van der Waals surface area (Å²) in [7, 11) is 3.74. The van der Waals surface area contributed by atoms with Gasteiger partial charge in [-0.05, 0) is 25.5 Å². The Balaban J connectivity index is 1.77. The fourth-order valence-corrected chi connectivity index (χ4v) is 3.67. The van der Waals surface area contributed by atoms with Crippen LogP contribution in [0.2, 0.25) is 0 Å². The monoisotopic (exact) mass is 353 g/mol. The van der Waals surface area contributed by atoms with Crippen LogP contribution in [0.5, 0.6) is 0 Å². The first-order chi connectivity index (χ1) is 11.5. The Morgan fingerprint density at radius 2 is 2.25 bits per heavy atom. The van der Waals surface area contributed by atoms with Gasteiger partial charge in [0.1, 0.15) is 12.2 Å². The molecule has 0 unspecified atom stereocenters. The van der Waals surface area contributed by atoms with Gasteiger partial charge in [-0.15, -0.1) is 0 Å². The molecule has 0 saturated carbocycles. The summed E-state index contributed by atoms with van der Waals surface area (Å²) in [6, 6.07) is 1.92. The first kappa shape index (κ1) is 17.3. The molecule has 0 radical (unpaired) electrons. The average molecular weight is 353 g/mol. The molecular weight excluding hydrogens is 330 g/mol. The highest BCUT2D eigenvalue weighted by Gasteiger charge is 2.44. The minimum atomic E-state index is -0.672. The minimum absolute atomic E-state index is 0.00885. The van der Waals surface area contributed by atoms with Crippen LogP contribution >= 0.6 is 11.3 Å². The maximum absolute atomic E-state index is 12.5. The summed E-state index contributed by atoms with van der Waals surface area (Å²) in [5.74, 6) is -0.0121. The van der Waals surface area contributed by atoms with Crippen LogP contribution in [-0.4, -0.2) is 87.3 Å². The van der Waals surface area contributed by atoms with E-state index in [4.69, 9.17) is 9.47 Å². The molecule has 3 rings (SSSR count). The van der Waals surface area contributed by atoms with Crippen LogP contribution < -0.4 is 4.90 Å². The van der Waals surface area contributed by atoms with Crippen molar-refractivity contribution in [2.75, 3.05) is 65.0 Å². The van der Waals surface area contributed by atoms with Gasteiger partial charge in [0.25, 0.3) is 5.91 Å². The molecule has 0 aromatic carbocycles. The molecule has 24 heavy (non-hydrogen) atoms. The van der Waals surface area contributed by atoms with E-state index in [1.54, 1.807) is 21.1 Å². The second-order valence-electron chi connectivity index (χ2n) is 6.54. The molecular formula is C16H23N3O4S. The van der Waals surface area contributed by atoms with Gasteiger partial charge >= 0.3 is 0 Å². The number of thiophene rings is 1. The van der Waals surface area contributed by atoms with E-state index in [1.807, 2.05) is 35.8 Å². The van der Waals surface area contributed by atoms with Crippen LogP contribution in [0, 0.1) is 0 Å². The third-order valence-electron chi connectivity index (χ3n) is 4.22. The lowest BCUT2D eigenvalue weighted by molar-refractivity contribution is -0.149. The van der Waals surface area contributed by atoms with Crippen molar-refractivity contribution in [2.24, 2.45) is 0 Å². The highest BCUT2D eigenvalue weighted by molar-refractivity contribution is 7.08. The van der Waals surface area contributed by atoms with Gasteiger partial charge in [0.2, 0.25) is 5.91 Å². The number of carbonyl (C=O) groups excluding carboxylic acids is 2. The van der Waals surface area contributed by atoms with Crippen molar-refractivity contribution in [3.8, 4) is 0 Å². The quantitative estimate of drug-likeness (QED) is 0.781. The largest absolute Gasteiger partial charge is 0.376 e. The molecule has 1 aromatic heterocycles. The van der Waals surface area contributed by atoms with Crippen molar-refractivity contribution < 1.29 is 19.1 Å². The number of carbonyl (C=O) groups is 2. The second-order valence-corrected chi connectivity index (χ2v) is 7.32. The van der Waals surface area contributed by atoms with Crippen LogP contribution in [0.25, 0.3) is 0 Å². The van der Waals surface area contributed by atoms with Crippen molar-refractivity contribution in [1.29, 1.82) is 0 Å². The number of rotatable bonds is 3. The molecule has 1 aromatic rings. The second kappa shape index (κ2) is 7.18. The SMILES string of the molecule is CN(C)CC(=O)N1CCOC[C@@]2(C1)CN(c1ccsc1)C(=O)CO2. The maximum Gasteiger partial charge on any atom is 0.253 e. The van der Waals surface area contributed by atoms with Gasteiger partial charge in [0.05, 0.1) is 38.5 Å². The Kier molecular flexibility index (Phi) is 5.19. The summed E-state index contributed by atoms with van der Waals surface area (Å²) in [6.07, 6.45) is 0. The fourth-order valence-electron chi connectivity index (χ4n) is 3.03. The van der Waals surface area contributed by atoms with Crippen molar-refractivity contribution >= 4 is 28.8 Å². The van der Waals surface area contributed by atoms with E-state index in [9.17, 15) is 9.59 Å². The molecule has 2 fully saturated rings. The van der Waals surface area contributed by atoms with Crippen molar-refractivity contribution in [3.05, 3.63) is 16.8 Å². The van der Waals surface area contributed by atoms with Gasteiger partial charge in [-0.3, -0.25) is 9.59 Å². The molecule has 2 amide bonds. The number of likely N-dealkylation sites (N-methyl/N-ethyl adjacent to an activating group) is 1. The molecule has 7 nitrogen and oxygen atoms in total. The Bertz CT molecular complexity index is 592. The number of amides is 2. The van der Waals surface area contributed by atoms with Crippen LogP contribution in [0.1, 0.15) is 0 Å². The van der Waals surface area contributed by atoms with Crippen LogP contribution in [0.3, 0.4) is 0 Å². The highest BCUT2D eigenvalue weighted by Crippen LogP contribution is 2.28. The average Bonchev–Trinajstić information content (AvgIpc) is 2.98. The number of hydrogen-bond acceptors (Lipinski definition) is 6. The summed E-state index contributed by atoms with van der Waals surface area (Å²) in [4.78, 5) is 30.1. The fraction of sp³-hybridized carbons (Fsp3) is 0.625. The summed E-state index contributed by atoms with van der Waals surface area (Å²) in [6.45, 7) is 2.60. The molecule has 132 valence electrons. The van der Waals surface area contributed by atoms with E-state index in [0.717, 1.165) is 5.69 Å². The van der Waals surface area contributed by atoms with Gasteiger partial charge < -0.3 is 24.2 Å². The van der Waals surface area contributed by atoms with E-state index < -0.39 is 5.60 Å². The van der Waals surface area contributed by atoms with E-state index in [2.05, 4.69) is 0 Å². The number of nitrogens with zero attached hydrogens (tertiary/aromatic N) is 3. The molecule has 3 heterocycles. The first-order valence-electron chi connectivity index (χ1n) is 7.96. The maximum atomic E-state index is 12.5. The van der Waals surface area contributed by atoms with Gasteiger partial charge in [0.15, 0.2) is 0 Å². The van der Waals surface area contributed by atoms with Crippen molar-refractivity contribution in [3.63, 3.8) is 0 Å². The van der Waals surface area contributed by atoms with Crippen LogP contribution in [0.4, 0.5) is 5.69 Å². The molecule has 1 atom stereocenters. The zero-order valence-corrected chi connectivity index (χ0v) is 14.9.